The van der Waals surface area contributed by atoms with Crippen LogP contribution in [-0.4, -0.2) is 31.0 Å². The molecule has 0 aliphatic carbocycles. The van der Waals surface area contributed by atoms with Crippen molar-refractivity contribution in [3.8, 4) is 16.9 Å². The number of nitrogens with zero attached hydrogens (tertiary/aromatic N) is 4. The Balaban J connectivity index is 1.31. The molecule has 0 atom stereocenters. The van der Waals surface area contributed by atoms with Crippen LogP contribution in [0.5, 0.6) is 5.75 Å². The average Bonchev–Trinajstić information content (AvgIpc) is 3.03. The van der Waals surface area contributed by atoms with Gasteiger partial charge in [0, 0.05) is 16.5 Å². The maximum atomic E-state index is 12.3. The number of rotatable bonds is 7. The summed E-state index contributed by atoms with van der Waals surface area (Å²) in [6.45, 7) is 3.68. The highest BCUT2D eigenvalue weighted by Crippen LogP contribution is 2.45. The Morgan fingerprint density at radius 2 is 1.18 bits per heavy atom. The summed E-state index contributed by atoms with van der Waals surface area (Å²) in [4.78, 5) is -1.48. The fourth-order valence-corrected chi connectivity index (χ4v) is 6.63. The number of fused-ring (bicyclic) bond motifs is 2. The summed E-state index contributed by atoms with van der Waals surface area (Å²) >= 11 is 0. The van der Waals surface area contributed by atoms with Crippen molar-refractivity contribution in [1.29, 1.82) is 0 Å². The van der Waals surface area contributed by atoms with Crippen molar-refractivity contribution in [3.05, 3.63) is 102 Å². The van der Waals surface area contributed by atoms with Crippen LogP contribution in [0.1, 0.15) is 11.1 Å². The van der Waals surface area contributed by atoms with Crippen molar-refractivity contribution in [2.75, 3.05) is 11.5 Å². The van der Waals surface area contributed by atoms with E-state index in [0.717, 1.165) is 45.7 Å². The molecule has 0 aliphatic heterocycles. The van der Waals surface area contributed by atoms with Crippen LogP contribution < -0.4 is 11.5 Å². The van der Waals surface area contributed by atoms with E-state index >= 15 is 0 Å². The van der Waals surface area contributed by atoms with Gasteiger partial charge in [0.1, 0.15) is 16.3 Å². The summed E-state index contributed by atoms with van der Waals surface area (Å²) in [5.74, 6) is -0.765. The summed E-state index contributed by atoms with van der Waals surface area (Å²) in [6.07, 6.45) is 0. The highest BCUT2D eigenvalue weighted by Gasteiger charge is 2.25. The quantitative estimate of drug-likeness (QED) is 0.0611. The number of hydrogen-bond donors (Lipinski definition) is 5. The van der Waals surface area contributed by atoms with Gasteiger partial charge in [0.05, 0.1) is 22.0 Å². The summed E-state index contributed by atoms with van der Waals surface area (Å²) in [6, 6.07) is 25.2. The molecule has 248 valence electrons. The summed E-state index contributed by atoms with van der Waals surface area (Å²) in [5, 5.41) is 29.6. The van der Waals surface area contributed by atoms with E-state index in [0.29, 0.717) is 28.3 Å². The van der Waals surface area contributed by atoms with Gasteiger partial charge in [-0.05, 0) is 95.4 Å². The average molecular weight is 697 g/mol. The fraction of sp³-hybridized carbons (Fsp3) is 0.0588. The zero-order valence-corrected chi connectivity index (χ0v) is 27.5. The third-order valence-corrected chi connectivity index (χ3v) is 9.60. The van der Waals surface area contributed by atoms with Gasteiger partial charge < -0.3 is 16.6 Å². The van der Waals surface area contributed by atoms with Crippen LogP contribution >= 0.6 is 0 Å². The minimum absolute atomic E-state index is 0.153. The Morgan fingerprint density at radius 1 is 0.592 bits per heavy atom. The predicted octanol–water partition coefficient (Wildman–Crippen LogP) is 8.47. The Labute approximate surface area is 280 Å². The highest BCUT2D eigenvalue weighted by molar-refractivity contribution is 7.86. The molecule has 0 spiro atoms. The first kappa shape index (κ1) is 33.2. The van der Waals surface area contributed by atoms with Crippen LogP contribution in [0.15, 0.2) is 121 Å². The van der Waals surface area contributed by atoms with Crippen molar-refractivity contribution in [3.63, 3.8) is 0 Å². The lowest BCUT2D eigenvalue weighted by Gasteiger charge is -2.12. The Kier molecular flexibility index (Phi) is 8.37. The van der Waals surface area contributed by atoms with Gasteiger partial charge in [-0.3, -0.25) is 9.11 Å². The topological polar surface area (TPSA) is 230 Å². The van der Waals surface area contributed by atoms with Gasteiger partial charge in [0.2, 0.25) is 0 Å². The SMILES string of the molecule is Cc1cc(-c2ccc(N=Nc3c(N)ccc4ccccc34)c(C)c2)ccc1N=Nc1c(S(=O)(=O)O)cc2cc(S(=O)(=O)O)cc(N)c2c1O. The first-order chi connectivity index (χ1) is 23.1. The molecule has 15 heteroatoms. The van der Waals surface area contributed by atoms with Gasteiger partial charge in [-0.1, -0.05) is 42.5 Å². The second-order valence-electron chi connectivity index (χ2n) is 11.3. The minimum Gasteiger partial charge on any atom is -0.505 e. The Morgan fingerprint density at radius 3 is 1.76 bits per heavy atom. The molecule has 0 aliphatic rings. The van der Waals surface area contributed by atoms with E-state index < -0.39 is 41.5 Å². The number of hydrogen-bond acceptors (Lipinski definition) is 11. The number of aryl methyl sites for hydroxylation is 2. The summed E-state index contributed by atoms with van der Waals surface area (Å²) in [7, 11) is -9.71. The summed E-state index contributed by atoms with van der Waals surface area (Å²) < 4.78 is 67.1. The molecule has 6 aromatic carbocycles. The number of anilines is 2. The molecule has 13 nitrogen and oxygen atoms in total. The van der Waals surface area contributed by atoms with Crippen LogP contribution in [0.25, 0.3) is 32.7 Å². The van der Waals surface area contributed by atoms with Crippen molar-refractivity contribution in [1.82, 2.24) is 0 Å². The Hall–Kier alpha value is -5.74. The molecule has 0 bridgehead atoms. The molecule has 0 saturated heterocycles. The van der Waals surface area contributed by atoms with Crippen molar-refractivity contribution in [2.24, 2.45) is 20.5 Å². The third kappa shape index (κ3) is 6.55. The molecule has 0 heterocycles. The van der Waals surface area contributed by atoms with Crippen molar-refractivity contribution < 1.29 is 31.0 Å². The smallest absolute Gasteiger partial charge is 0.296 e. The molecule has 0 amide bonds. The predicted molar refractivity (Wildman–Crippen MR) is 188 cm³/mol. The molecule has 0 aromatic heterocycles. The molecule has 0 unspecified atom stereocenters. The van der Waals surface area contributed by atoms with Crippen molar-refractivity contribution in [2.45, 2.75) is 23.6 Å². The maximum Gasteiger partial charge on any atom is 0.296 e. The normalized spacial score (nSPS) is 12.5. The van der Waals surface area contributed by atoms with Crippen LogP contribution in [0.2, 0.25) is 0 Å². The number of nitrogen functional groups attached to an aromatic ring is 2. The van der Waals surface area contributed by atoms with Crippen LogP contribution in [-0.2, 0) is 20.2 Å². The first-order valence-electron chi connectivity index (χ1n) is 14.5. The lowest BCUT2D eigenvalue weighted by atomic mass is 10.0. The molecule has 6 aromatic rings. The molecule has 49 heavy (non-hydrogen) atoms. The molecule has 0 radical (unpaired) electrons. The second kappa shape index (κ2) is 12.4. The molecule has 0 saturated carbocycles. The van der Waals surface area contributed by atoms with Gasteiger partial charge >= 0.3 is 0 Å². The Bertz CT molecular complexity index is 2620. The standard InChI is InChI=1S/C34H28N6O7S2/c1-18-13-21(8-11-28(18)37-39-32-25-6-4-3-5-20(25)7-10-26(32)35)22-9-12-29(19(2)14-22)38-40-33-30(49(45,46)47)16-23-15-24(48(42,43)44)17-27(36)31(23)34(33)41/h3-17,41H,35-36H2,1-2H3,(H,42,43,44)(H,45,46,47). The molecular formula is C34H28N6O7S2. The zero-order chi connectivity index (χ0) is 35.2. The summed E-state index contributed by atoms with van der Waals surface area (Å²) in [5.41, 5.74) is 16.6. The van der Waals surface area contributed by atoms with Gasteiger partial charge in [-0.2, -0.15) is 27.1 Å². The van der Waals surface area contributed by atoms with E-state index in [1.165, 1.54) is 0 Å². The van der Waals surface area contributed by atoms with Crippen LogP contribution in [0.4, 0.5) is 34.1 Å². The van der Waals surface area contributed by atoms with E-state index in [1.807, 2.05) is 61.5 Å². The fourth-order valence-electron chi connectivity index (χ4n) is 5.42. The van der Waals surface area contributed by atoms with E-state index in [-0.39, 0.29) is 16.5 Å². The highest BCUT2D eigenvalue weighted by atomic mass is 32.2. The van der Waals surface area contributed by atoms with E-state index in [4.69, 9.17) is 11.5 Å². The van der Waals surface area contributed by atoms with Crippen LogP contribution in [0.3, 0.4) is 0 Å². The number of phenols is 1. The van der Waals surface area contributed by atoms with E-state index in [9.17, 15) is 31.0 Å². The number of benzene rings is 6. The largest absolute Gasteiger partial charge is 0.505 e. The number of nitrogens with two attached hydrogens (primary N) is 2. The number of phenolic OH excluding ortho intramolecular Hbond substituents is 1. The zero-order valence-electron chi connectivity index (χ0n) is 25.9. The van der Waals surface area contributed by atoms with Gasteiger partial charge in [-0.15, -0.1) is 10.2 Å². The molecule has 7 N–H and O–H groups in total. The number of aromatic hydroxyl groups is 1. The van der Waals surface area contributed by atoms with Gasteiger partial charge in [0.15, 0.2) is 5.75 Å². The minimum atomic E-state index is -4.99. The van der Waals surface area contributed by atoms with Crippen molar-refractivity contribution >= 4 is 75.9 Å². The van der Waals surface area contributed by atoms with E-state index in [1.54, 1.807) is 25.1 Å². The third-order valence-electron chi connectivity index (χ3n) is 7.90. The van der Waals surface area contributed by atoms with Gasteiger partial charge in [0.25, 0.3) is 20.2 Å². The first-order valence-corrected chi connectivity index (χ1v) is 17.4. The molecule has 6 rings (SSSR count). The van der Waals surface area contributed by atoms with Crippen LogP contribution in [0, 0.1) is 13.8 Å². The molecular weight excluding hydrogens is 669 g/mol. The van der Waals surface area contributed by atoms with E-state index in [2.05, 4.69) is 20.5 Å². The molecule has 0 fully saturated rings. The lowest BCUT2D eigenvalue weighted by Crippen LogP contribution is -2.02. The monoisotopic (exact) mass is 696 g/mol. The second-order valence-corrected chi connectivity index (χ2v) is 14.1. The maximum absolute atomic E-state index is 12.3. The number of azo groups is 2. The lowest BCUT2D eigenvalue weighted by molar-refractivity contribution is 0.472. The van der Waals surface area contributed by atoms with Gasteiger partial charge in [-0.25, -0.2) is 0 Å².